The first-order chi connectivity index (χ1) is 8.17. The summed E-state index contributed by atoms with van der Waals surface area (Å²) in [6.07, 6.45) is 3.64. The lowest BCUT2D eigenvalue weighted by Crippen LogP contribution is -2.40. The summed E-state index contributed by atoms with van der Waals surface area (Å²) in [5.41, 5.74) is 0. The molecule has 0 bridgehead atoms. The van der Waals surface area contributed by atoms with Gasteiger partial charge in [0.1, 0.15) is 5.01 Å². The van der Waals surface area contributed by atoms with Crippen LogP contribution in [0.5, 0.6) is 0 Å². The highest BCUT2D eigenvalue weighted by molar-refractivity contribution is 7.15. The summed E-state index contributed by atoms with van der Waals surface area (Å²) in [6, 6.07) is 0.520. The summed E-state index contributed by atoms with van der Waals surface area (Å²) in [5, 5.41) is 13.9. The van der Waals surface area contributed by atoms with Crippen LogP contribution in [0.15, 0.2) is 0 Å². The predicted molar refractivity (Wildman–Crippen MR) is 70.5 cm³/mol. The summed E-state index contributed by atoms with van der Waals surface area (Å²) in [7, 11) is 0. The van der Waals surface area contributed by atoms with E-state index in [1.54, 1.807) is 11.3 Å². The van der Waals surface area contributed by atoms with Gasteiger partial charge < -0.3 is 10.1 Å². The molecule has 0 saturated heterocycles. The number of hydrogen-bond donors (Lipinski definition) is 1. The number of hydrogen-bond acceptors (Lipinski definition) is 5. The monoisotopic (exact) mass is 255 g/mol. The second kappa shape index (κ2) is 5.78. The van der Waals surface area contributed by atoms with Crippen LogP contribution in [-0.4, -0.2) is 29.0 Å². The minimum atomic E-state index is 0.445. The van der Waals surface area contributed by atoms with Gasteiger partial charge in [-0.05, 0) is 25.7 Å². The Hall–Kier alpha value is -0.680. The molecule has 0 amide bonds. The molecular weight excluding hydrogens is 234 g/mol. The first-order valence-corrected chi connectivity index (χ1v) is 7.19. The van der Waals surface area contributed by atoms with E-state index in [-0.39, 0.29) is 0 Å². The highest BCUT2D eigenvalue weighted by atomic mass is 32.1. The van der Waals surface area contributed by atoms with Crippen LogP contribution < -0.4 is 5.32 Å². The van der Waals surface area contributed by atoms with Gasteiger partial charge in [-0.1, -0.05) is 25.2 Å². The largest absolute Gasteiger partial charge is 0.378 e. The van der Waals surface area contributed by atoms with Gasteiger partial charge in [0.2, 0.25) is 5.13 Å². The van der Waals surface area contributed by atoms with E-state index in [9.17, 15) is 0 Å². The van der Waals surface area contributed by atoms with E-state index in [1.165, 1.54) is 0 Å². The molecule has 0 aliphatic heterocycles. The van der Waals surface area contributed by atoms with Gasteiger partial charge in [-0.3, -0.25) is 0 Å². The fraction of sp³-hybridized carbons (Fsp3) is 0.833. The van der Waals surface area contributed by atoms with Crippen molar-refractivity contribution in [3.63, 3.8) is 0 Å². The molecule has 2 rings (SSSR count). The van der Waals surface area contributed by atoms with Gasteiger partial charge in [0, 0.05) is 19.1 Å². The molecule has 1 aliphatic carbocycles. The van der Waals surface area contributed by atoms with Crippen molar-refractivity contribution in [3.8, 4) is 0 Å². The van der Waals surface area contributed by atoms with Gasteiger partial charge >= 0.3 is 0 Å². The van der Waals surface area contributed by atoms with Crippen LogP contribution in [0, 0.1) is 5.92 Å². The zero-order valence-corrected chi connectivity index (χ0v) is 11.6. The van der Waals surface area contributed by atoms with E-state index in [0.717, 1.165) is 36.0 Å². The topological polar surface area (TPSA) is 47.0 Å². The Kier molecular flexibility index (Phi) is 4.34. The zero-order chi connectivity index (χ0) is 12.3. The first kappa shape index (κ1) is 12.8. The Morgan fingerprint density at radius 1 is 1.41 bits per heavy atom. The second-order valence-electron chi connectivity index (χ2n) is 4.99. The third kappa shape index (κ3) is 3.64. The van der Waals surface area contributed by atoms with Crippen molar-refractivity contribution in [2.75, 3.05) is 11.9 Å². The normalized spacial score (nSPS) is 23.8. The van der Waals surface area contributed by atoms with Gasteiger partial charge in [0.05, 0.1) is 6.10 Å². The molecule has 96 valence electrons. The Bertz CT molecular complexity index is 347. The van der Waals surface area contributed by atoms with E-state index in [4.69, 9.17) is 4.74 Å². The summed E-state index contributed by atoms with van der Waals surface area (Å²) in [6.45, 7) is 7.26. The van der Waals surface area contributed by atoms with Crippen LogP contribution >= 0.6 is 11.3 Å². The summed E-state index contributed by atoms with van der Waals surface area (Å²) < 4.78 is 5.53. The number of aromatic nitrogens is 2. The zero-order valence-electron chi connectivity index (χ0n) is 10.8. The molecule has 0 aromatic carbocycles. The molecule has 5 heteroatoms. The molecule has 0 atom stereocenters. The van der Waals surface area contributed by atoms with Crippen molar-refractivity contribution in [1.29, 1.82) is 0 Å². The summed E-state index contributed by atoms with van der Waals surface area (Å²) in [4.78, 5) is 0. The molecule has 1 saturated carbocycles. The van der Waals surface area contributed by atoms with Gasteiger partial charge in [-0.25, -0.2) is 0 Å². The maximum absolute atomic E-state index is 5.53. The summed E-state index contributed by atoms with van der Waals surface area (Å²) in [5.74, 6) is 0.641. The van der Waals surface area contributed by atoms with Crippen molar-refractivity contribution in [1.82, 2.24) is 10.2 Å². The molecule has 4 nitrogen and oxygen atoms in total. The summed E-state index contributed by atoms with van der Waals surface area (Å²) >= 11 is 1.68. The smallest absolute Gasteiger partial charge is 0.205 e. The molecule has 0 unspecified atom stereocenters. The fourth-order valence-corrected chi connectivity index (χ4v) is 3.00. The van der Waals surface area contributed by atoms with E-state index >= 15 is 0 Å². The first-order valence-electron chi connectivity index (χ1n) is 6.38. The number of nitrogens with one attached hydrogen (secondary N) is 1. The van der Waals surface area contributed by atoms with Crippen molar-refractivity contribution < 1.29 is 4.74 Å². The standard InChI is InChI=1S/C12H21N3OS/c1-4-16-10-6-9(7-10)13-12-15-14-11(17-12)5-8(2)3/h8-10H,4-7H2,1-3H3,(H,13,15). The lowest BCUT2D eigenvalue weighted by Gasteiger charge is -2.35. The molecule has 1 aromatic rings. The Balaban J connectivity index is 1.75. The quantitative estimate of drug-likeness (QED) is 0.849. The minimum Gasteiger partial charge on any atom is -0.378 e. The third-order valence-corrected chi connectivity index (χ3v) is 3.75. The van der Waals surface area contributed by atoms with Gasteiger partial charge in [0.15, 0.2) is 0 Å². The molecule has 1 heterocycles. The van der Waals surface area contributed by atoms with Crippen molar-refractivity contribution in [3.05, 3.63) is 5.01 Å². The fourth-order valence-electron chi connectivity index (χ4n) is 1.97. The highest BCUT2D eigenvalue weighted by Crippen LogP contribution is 2.28. The molecule has 1 N–H and O–H groups in total. The maximum Gasteiger partial charge on any atom is 0.205 e. The van der Waals surface area contributed by atoms with E-state index < -0.39 is 0 Å². The lowest BCUT2D eigenvalue weighted by molar-refractivity contribution is 0.00298. The van der Waals surface area contributed by atoms with Crippen LogP contribution in [0.25, 0.3) is 0 Å². The number of anilines is 1. The molecule has 1 aliphatic rings. The molecule has 1 fully saturated rings. The van der Waals surface area contributed by atoms with Gasteiger partial charge in [-0.15, -0.1) is 10.2 Å². The number of ether oxygens (including phenoxy) is 1. The molecule has 17 heavy (non-hydrogen) atoms. The highest BCUT2D eigenvalue weighted by Gasteiger charge is 2.30. The second-order valence-corrected chi connectivity index (χ2v) is 6.05. The molecule has 0 spiro atoms. The lowest BCUT2D eigenvalue weighted by atomic mass is 9.89. The van der Waals surface area contributed by atoms with Gasteiger partial charge in [-0.2, -0.15) is 0 Å². The van der Waals surface area contributed by atoms with E-state index in [1.807, 2.05) is 6.92 Å². The van der Waals surface area contributed by atoms with Crippen LogP contribution in [0.3, 0.4) is 0 Å². The Morgan fingerprint density at radius 2 is 2.18 bits per heavy atom. The average molecular weight is 255 g/mol. The van der Waals surface area contributed by atoms with Gasteiger partial charge in [0.25, 0.3) is 0 Å². The van der Waals surface area contributed by atoms with Crippen LogP contribution in [0.4, 0.5) is 5.13 Å². The average Bonchev–Trinajstić information content (AvgIpc) is 2.61. The Labute approximate surface area is 107 Å². The SMILES string of the molecule is CCOC1CC(Nc2nnc(CC(C)C)s2)C1. The van der Waals surface area contributed by atoms with Crippen LogP contribution in [-0.2, 0) is 11.2 Å². The van der Waals surface area contributed by atoms with Crippen molar-refractivity contribution in [2.24, 2.45) is 5.92 Å². The Morgan fingerprint density at radius 3 is 2.82 bits per heavy atom. The molecule has 0 radical (unpaired) electrons. The van der Waals surface area contributed by atoms with Crippen molar-refractivity contribution in [2.45, 2.75) is 52.2 Å². The van der Waals surface area contributed by atoms with E-state index in [2.05, 4.69) is 29.4 Å². The molecule has 1 aromatic heterocycles. The van der Waals surface area contributed by atoms with E-state index in [0.29, 0.717) is 18.1 Å². The number of rotatable bonds is 6. The maximum atomic E-state index is 5.53. The third-order valence-electron chi connectivity index (χ3n) is 2.87. The van der Waals surface area contributed by atoms with Crippen LogP contribution in [0.1, 0.15) is 38.6 Å². The van der Waals surface area contributed by atoms with Crippen LogP contribution in [0.2, 0.25) is 0 Å². The molecular formula is C12H21N3OS. The number of nitrogens with zero attached hydrogens (tertiary/aromatic N) is 2. The van der Waals surface area contributed by atoms with Crippen molar-refractivity contribution >= 4 is 16.5 Å². The minimum absolute atomic E-state index is 0.445. The predicted octanol–water partition coefficient (Wildman–Crippen LogP) is 2.72.